The zero-order chi connectivity index (χ0) is 25.0. The Morgan fingerprint density at radius 1 is 0.912 bits per heavy atom. The molecule has 0 aliphatic carbocycles. The molecular weight excluding hydrogens is 451 g/mol. The first-order valence-electron chi connectivity index (χ1n) is 10.8. The molecule has 0 unspecified atom stereocenters. The smallest absolute Gasteiger partial charge is 0.416 e. The highest BCUT2D eigenvalue weighted by atomic mass is 19.4. The molecule has 0 fully saturated rings. The van der Waals surface area contributed by atoms with Gasteiger partial charge < -0.3 is 21.1 Å². The van der Waals surface area contributed by atoms with E-state index in [1.54, 1.807) is 0 Å². The Hall–Kier alpha value is -3.56. The molecule has 0 spiro atoms. The van der Waals surface area contributed by atoms with Crippen molar-refractivity contribution in [2.24, 2.45) is 5.73 Å². The summed E-state index contributed by atoms with van der Waals surface area (Å²) in [5, 5.41) is 5.16. The molecule has 7 nitrogen and oxygen atoms in total. The molecule has 34 heavy (non-hydrogen) atoms. The maximum atomic E-state index is 12.7. The van der Waals surface area contributed by atoms with E-state index in [4.69, 9.17) is 10.5 Å². The Kier molecular flexibility index (Phi) is 10.4. The summed E-state index contributed by atoms with van der Waals surface area (Å²) in [6.07, 6.45) is -3.00. The summed E-state index contributed by atoms with van der Waals surface area (Å²) in [6, 6.07) is 12.6. The van der Waals surface area contributed by atoms with Gasteiger partial charge in [-0.3, -0.25) is 9.59 Å². The van der Waals surface area contributed by atoms with Gasteiger partial charge in [0, 0.05) is 19.4 Å². The third kappa shape index (κ3) is 9.93. The van der Waals surface area contributed by atoms with Gasteiger partial charge in [0.15, 0.2) is 0 Å². The van der Waals surface area contributed by atoms with Gasteiger partial charge in [0.25, 0.3) is 0 Å². The summed E-state index contributed by atoms with van der Waals surface area (Å²) in [6.45, 7) is 0.577. The van der Waals surface area contributed by atoms with Crippen LogP contribution < -0.4 is 16.4 Å². The molecule has 2 rings (SSSR count). The molecule has 184 valence electrons. The first kappa shape index (κ1) is 26.7. The third-order valence-electron chi connectivity index (χ3n) is 4.96. The topological polar surface area (TPSA) is 111 Å². The summed E-state index contributed by atoms with van der Waals surface area (Å²) in [5.41, 5.74) is 5.87. The fourth-order valence-electron chi connectivity index (χ4n) is 3.11. The first-order chi connectivity index (χ1) is 16.1. The maximum Gasteiger partial charge on any atom is 0.416 e. The second-order valence-corrected chi connectivity index (χ2v) is 7.72. The molecule has 0 bridgehead atoms. The van der Waals surface area contributed by atoms with Crippen molar-refractivity contribution >= 4 is 17.9 Å². The van der Waals surface area contributed by atoms with Crippen molar-refractivity contribution in [3.8, 4) is 0 Å². The maximum absolute atomic E-state index is 12.7. The van der Waals surface area contributed by atoms with Crippen LogP contribution in [-0.4, -0.2) is 30.5 Å². The van der Waals surface area contributed by atoms with Crippen LogP contribution in [0.2, 0.25) is 0 Å². The lowest BCUT2D eigenvalue weighted by atomic mass is 10.0. The zero-order valence-corrected chi connectivity index (χ0v) is 18.6. The minimum Gasteiger partial charge on any atom is -0.445 e. The highest BCUT2D eigenvalue weighted by Gasteiger charge is 2.30. The van der Waals surface area contributed by atoms with Crippen LogP contribution in [0.1, 0.15) is 42.4 Å². The van der Waals surface area contributed by atoms with E-state index < -0.39 is 29.8 Å². The molecule has 3 amide bonds. The average molecular weight is 479 g/mol. The molecule has 1 atom stereocenters. The number of primary amides is 1. The molecule has 2 aromatic rings. The number of unbranched alkanes of at least 4 members (excludes halogenated alkanes) is 2. The van der Waals surface area contributed by atoms with Crippen LogP contribution in [0.4, 0.5) is 18.0 Å². The molecular formula is C24H28F3N3O4. The standard InChI is InChI=1S/C24H28F3N3O4/c25-24(26,27)19-12-10-17(11-13-19)15-20(22(28)32)30-21(31)9-5-2-6-14-29-23(33)34-16-18-7-3-1-4-8-18/h1,3-4,7-8,10-13,20H,2,5-6,9,14-16H2,(H2,28,32)(H,29,33)(H,30,31)/t20-/m0/s1. The third-order valence-corrected chi connectivity index (χ3v) is 4.96. The quantitative estimate of drug-likeness (QED) is 0.403. The van der Waals surface area contributed by atoms with Crippen molar-refractivity contribution in [3.05, 3.63) is 71.3 Å². The molecule has 2 aromatic carbocycles. The monoisotopic (exact) mass is 479 g/mol. The summed E-state index contributed by atoms with van der Waals surface area (Å²) in [5.74, 6) is -1.16. The molecule has 4 N–H and O–H groups in total. The van der Waals surface area contributed by atoms with Crippen molar-refractivity contribution in [3.63, 3.8) is 0 Å². The Bertz CT molecular complexity index is 935. The Morgan fingerprint density at radius 2 is 1.59 bits per heavy atom. The number of halogens is 3. The number of carbonyl (C=O) groups is 3. The van der Waals surface area contributed by atoms with E-state index in [0.29, 0.717) is 31.4 Å². The second kappa shape index (κ2) is 13.2. The summed E-state index contributed by atoms with van der Waals surface area (Å²) in [4.78, 5) is 35.5. The highest BCUT2D eigenvalue weighted by Crippen LogP contribution is 2.29. The van der Waals surface area contributed by atoms with Gasteiger partial charge in [0.2, 0.25) is 11.8 Å². The number of amides is 3. The van der Waals surface area contributed by atoms with Gasteiger partial charge in [0.05, 0.1) is 5.56 Å². The molecule has 0 saturated carbocycles. The molecule has 10 heteroatoms. The molecule has 0 aromatic heterocycles. The predicted octanol–water partition coefficient (Wildman–Crippen LogP) is 3.70. The van der Waals surface area contributed by atoms with Gasteiger partial charge >= 0.3 is 12.3 Å². The number of nitrogens with two attached hydrogens (primary N) is 1. The largest absolute Gasteiger partial charge is 0.445 e. The van der Waals surface area contributed by atoms with Crippen molar-refractivity contribution in [2.75, 3.05) is 6.54 Å². The fraction of sp³-hybridized carbons (Fsp3) is 0.375. The lowest BCUT2D eigenvalue weighted by Gasteiger charge is -2.16. The Labute approximate surface area is 195 Å². The van der Waals surface area contributed by atoms with Gasteiger partial charge in [-0.1, -0.05) is 48.9 Å². The predicted molar refractivity (Wildman–Crippen MR) is 119 cm³/mol. The van der Waals surface area contributed by atoms with Crippen LogP contribution in [0.5, 0.6) is 0 Å². The Balaban J connectivity index is 1.63. The molecule has 0 radical (unpaired) electrons. The normalized spacial score (nSPS) is 12.0. The van der Waals surface area contributed by atoms with E-state index in [1.807, 2.05) is 30.3 Å². The minimum atomic E-state index is -4.45. The van der Waals surface area contributed by atoms with Gasteiger partial charge in [0.1, 0.15) is 12.6 Å². The number of ether oxygens (including phenoxy) is 1. The second-order valence-electron chi connectivity index (χ2n) is 7.72. The summed E-state index contributed by atoms with van der Waals surface area (Å²) in [7, 11) is 0. The number of hydrogen-bond acceptors (Lipinski definition) is 4. The number of carbonyl (C=O) groups excluding carboxylic acids is 3. The van der Waals surface area contributed by atoms with Crippen LogP contribution in [0, 0.1) is 0 Å². The SMILES string of the molecule is NC(=O)[C@H](Cc1ccc(C(F)(F)F)cc1)NC(=O)CCCCCNC(=O)OCc1ccccc1. The summed E-state index contributed by atoms with van der Waals surface area (Å²) < 4.78 is 43.1. The molecule has 0 saturated heterocycles. The van der Waals surface area contributed by atoms with Gasteiger partial charge in [-0.05, 0) is 36.1 Å². The molecule has 0 aliphatic rings. The van der Waals surface area contributed by atoms with E-state index in [2.05, 4.69) is 10.6 Å². The first-order valence-corrected chi connectivity index (χ1v) is 10.8. The molecule has 0 heterocycles. The minimum absolute atomic E-state index is 0.00573. The lowest BCUT2D eigenvalue weighted by Crippen LogP contribution is -2.45. The van der Waals surface area contributed by atoms with E-state index in [-0.39, 0.29) is 25.4 Å². The number of alkyl halides is 3. The van der Waals surface area contributed by atoms with E-state index in [1.165, 1.54) is 12.1 Å². The fourth-order valence-corrected chi connectivity index (χ4v) is 3.11. The van der Waals surface area contributed by atoms with Crippen LogP contribution in [0.15, 0.2) is 54.6 Å². The van der Waals surface area contributed by atoms with Gasteiger partial charge in [-0.2, -0.15) is 13.2 Å². The van der Waals surface area contributed by atoms with E-state index in [9.17, 15) is 27.6 Å². The van der Waals surface area contributed by atoms with E-state index >= 15 is 0 Å². The van der Waals surface area contributed by atoms with Crippen molar-refractivity contribution in [1.82, 2.24) is 10.6 Å². The zero-order valence-electron chi connectivity index (χ0n) is 18.6. The van der Waals surface area contributed by atoms with Crippen molar-refractivity contribution in [2.45, 2.75) is 50.9 Å². The number of rotatable bonds is 12. The van der Waals surface area contributed by atoms with Gasteiger partial charge in [-0.15, -0.1) is 0 Å². The Morgan fingerprint density at radius 3 is 2.21 bits per heavy atom. The van der Waals surface area contributed by atoms with Crippen LogP contribution in [-0.2, 0) is 33.5 Å². The van der Waals surface area contributed by atoms with Crippen LogP contribution >= 0.6 is 0 Å². The number of alkyl carbamates (subject to hydrolysis) is 1. The highest BCUT2D eigenvalue weighted by molar-refractivity contribution is 5.86. The number of benzene rings is 2. The van der Waals surface area contributed by atoms with Crippen molar-refractivity contribution < 1.29 is 32.3 Å². The number of hydrogen-bond donors (Lipinski definition) is 3. The number of nitrogens with one attached hydrogen (secondary N) is 2. The van der Waals surface area contributed by atoms with Gasteiger partial charge in [-0.25, -0.2) is 4.79 Å². The molecule has 0 aliphatic heterocycles. The average Bonchev–Trinajstić information content (AvgIpc) is 2.80. The summed E-state index contributed by atoms with van der Waals surface area (Å²) >= 11 is 0. The van der Waals surface area contributed by atoms with E-state index in [0.717, 1.165) is 17.7 Å². The van der Waals surface area contributed by atoms with Crippen molar-refractivity contribution in [1.29, 1.82) is 0 Å². The van der Waals surface area contributed by atoms with Crippen LogP contribution in [0.3, 0.4) is 0 Å². The van der Waals surface area contributed by atoms with Crippen LogP contribution in [0.25, 0.3) is 0 Å². The lowest BCUT2D eigenvalue weighted by molar-refractivity contribution is -0.137.